The maximum atomic E-state index is 11.5. The van der Waals surface area contributed by atoms with Crippen molar-refractivity contribution in [2.75, 3.05) is 11.9 Å². The quantitative estimate of drug-likeness (QED) is 0.543. The van der Waals surface area contributed by atoms with Crippen molar-refractivity contribution in [2.24, 2.45) is 0 Å². The SMILES string of the molecule is CC(C)(CO)NC(=O)Nc1cc(O)cc(O)c1. The minimum Gasteiger partial charge on any atom is -0.508 e. The minimum atomic E-state index is -0.747. The summed E-state index contributed by atoms with van der Waals surface area (Å²) in [5.74, 6) is -0.302. The summed E-state index contributed by atoms with van der Waals surface area (Å²) >= 11 is 0. The molecule has 1 aromatic rings. The molecule has 1 rings (SSSR count). The van der Waals surface area contributed by atoms with Crippen LogP contribution in [0.25, 0.3) is 0 Å². The molecule has 0 atom stereocenters. The van der Waals surface area contributed by atoms with Crippen LogP contribution < -0.4 is 10.6 Å². The number of urea groups is 1. The number of carbonyl (C=O) groups is 1. The summed E-state index contributed by atoms with van der Waals surface area (Å²) in [6.45, 7) is 3.12. The Morgan fingerprint density at radius 1 is 1.24 bits per heavy atom. The summed E-state index contributed by atoms with van der Waals surface area (Å²) in [5.41, 5.74) is -0.489. The van der Waals surface area contributed by atoms with E-state index in [2.05, 4.69) is 10.6 Å². The molecular weight excluding hydrogens is 224 g/mol. The zero-order valence-electron chi connectivity index (χ0n) is 9.69. The second-order valence-electron chi connectivity index (χ2n) is 4.36. The number of amides is 2. The second kappa shape index (κ2) is 4.92. The highest BCUT2D eigenvalue weighted by Crippen LogP contribution is 2.23. The van der Waals surface area contributed by atoms with Gasteiger partial charge in [0.25, 0.3) is 0 Å². The average Bonchev–Trinajstić information content (AvgIpc) is 2.14. The van der Waals surface area contributed by atoms with E-state index in [0.717, 1.165) is 6.07 Å². The van der Waals surface area contributed by atoms with E-state index in [0.29, 0.717) is 0 Å². The lowest BCUT2D eigenvalue weighted by molar-refractivity contribution is 0.187. The smallest absolute Gasteiger partial charge is 0.319 e. The molecule has 0 fully saturated rings. The molecule has 17 heavy (non-hydrogen) atoms. The Hall–Kier alpha value is -1.95. The number of anilines is 1. The predicted octanol–water partition coefficient (Wildman–Crippen LogP) is 0.990. The summed E-state index contributed by atoms with van der Waals surface area (Å²) in [6, 6.07) is 3.21. The van der Waals surface area contributed by atoms with Gasteiger partial charge in [0, 0.05) is 23.9 Å². The van der Waals surface area contributed by atoms with E-state index in [1.807, 2.05) is 0 Å². The summed E-state index contributed by atoms with van der Waals surface area (Å²) in [6.07, 6.45) is 0. The molecule has 0 bridgehead atoms. The predicted molar refractivity (Wildman–Crippen MR) is 63.1 cm³/mol. The van der Waals surface area contributed by atoms with Gasteiger partial charge in [0.15, 0.2) is 0 Å². The van der Waals surface area contributed by atoms with Gasteiger partial charge in [-0.2, -0.15) is 0 Å². The van der Waals surface area contributed by atoms with Crippen LogP contribution in [0.3, 0.4) is 0 Å². The van der Waals surface area contributed by atoms with Crippen LogP contribution >= 0.6 is 0 Å². The van der Waals surface area contributed by atoms with Crippen molar-refractivity contribution in [3.05, 3.63) is 18.2 Å². The number of aromatic hydroxyl groups is 2. The van der Waals surface area contributed by atoms with Crippen molar-refractivity contribution < 1.29 is 20.1 Å². The van der Waals surface area contributed by atoms with Gasteiger partial charge in [-0.15, -0.1) is 0 Å². The van der Waals surface area contributed by atoms with Crippen LogP contribution in [0, 0.1) is 0 Å². The van der Waals surface area contributed by atoms with Crippen LogP contribution in [0.2, 0.25) is 0 Å². The third-order valence-corrected chi connectivity index (χ3v) is 2.01. The van der Waals surface area contributed by atoms with Crippen LogP contribution in [0.5, 0.6) is 11.5 Å². The topological polar surface area (TPSA) is 102 Å². The van der Waals surface area contributed by atoms with Gasteiger partial charge < -0.3 is 26.0 Å². The van der Waals surface area contributed by atoms with Crippen LogP contribution in [-0.4, -0.2) is 33.5 Å². The fraction of sp³-hybridized carbons (Fsp3) is 0.364. The van der Waals surface area contributed by atoms with Crippen molar-refractivity contribution >= 4 is 11.7 Å². The van der Waals surface area contributed by atoms with E-state index >= 15 is 0 Å². The molecule has 0 unspecified atom stereocenters. The number of aliphatic hydroxyl groups is 1. The lowest BCUT2D eigenvalue weighted by Crippen LogP contribution is -2.48. The van der Waals surface area contributed by atoms with E-state index in [4.69, 9.17) is 5.11 Å². The summed E-state index contributed by atoms with van der Waals surface area (Å²) in [4.78, 5) is 11.5. The number of rotatable bonds is 3. The third kappa shape index (κ3) is 4.20. The highest BCUT2D eigenvalue weighted by atomic mass is 16.3. The lowest BCUT2D eigenvalue weighted by Gasteiger charge is -2.23. The number of hydrogen-bond donors (Lipinski definition) is 5. The summed E-state index contributed by atoms with van der Waals surface area (Å²) < 4.78 is 0. The van der Waals surface area contributed by atoms with Gasteiger partial charge in [-0.1, -0.05) is 0 Å². The van der Waals surface area contributed by atoms with E-state index in [1.165, 1.54) is 12.1 Å². The van der Waals surface area contributed by atoms with Crippen LogP contribution in [0.1, 0.15) is 13.8 Å². The van der Waals surface area contributed by atoms with Crippen molar-refractivity contribution in [1.82, 2.24) is 5.32 Å². The Kier molecular flexibility index (Phi) is 3.80. The van der Waals surface area contributed by atoms with E-state index < -0.39 is 11.6 Å². The molecule has 6 heteroatoms. The molecule has 0 aliphatic heterocycles. The van der Waals surface area contributed by atoms with Gasteiger partial charge in [-0.05, 0) is 13.8 Å². The Morgan fingerprint density at radius 3 is 2.24 bits per heavy atom. The zero-order chi connectivity index (χ0) is 13.1. The summed E-state index contributed by atoms with van der Waals surface area (Å²) in [7, 11) is 0. The first-order valence-electron chi connectivity index (χ1n) is 5.05. The number of aliphatic hydroxyl groups excluding tert-OH is 1. The van der Waals surface area contributed by atoms with Crippen molar-refractivity contribution in [1.29, 1.82) is 0 Å². The van der Waals surface area contributed by atoms with Gasteiger partial charge in [0.1, 0.15) is 11.5 Å². The van der Waals surface area contributed by atoms with Gasteiger partial charge in [0.05, 0.1) is 12.1 Å². The number of hydrogen-bond acceptors (Lipinski definition) is 4. The van der Waals surface area contributed by atoms with E-state index in [1.54, 1.807) is 13.8 Å². The van der Waals surface area contributed by atoms with E-state index in [9.17, 15) is 15.0 Å². The standard InChI is InChI=1S/C11H16N2O4/c1-11(2,6-14)13-10(17)12-7-3-8(15)5-9(16)4-7/h3-5,14-16H,6H2,1-2H3,(H2,12,13,17). The van der Waals surface area contributed by atoms with Crippen molar-refractivity contribution in [2.45, 2.75) is 19.4 Å². The van der Waals surface area contributed by atoms with Crippen molar-refractivity contribution in [3.63, 3.8) is 0 Å². The first-order chi connectivity index (χ1) is 7.82. The number of phenolic OH excluding ortho intramolecular Hbond substituents is 2. The van der Waals surface area contributed by atoms with Crippen LogP contribution in [0.15, 0.2) is 18.2 Å². The van der Waals surface area contributed by atoms with Crippen LogP contribution in [0.4, 0.5) is 10.5 Å². The molecule has 2 amide bonds. The Balaban J connectivity index is 2.68. The Morgan fingerprint density at radius 2 is 1.76 bits per heavy atom. The maximum absolute atomic E-state index is 11.5. The number of benzene rings is 1. The number of nitrogens with one attached hydrogen (secondary N) is 2. The Labute approximate surface area is 98.9 Å². The molecule has 0 saturated heterocycles. The molecule has 0 radical (unpaired) electrons. The number of phenols is 2. The summed E-state index contributed by atoms with van der Waals surface area (Å²) in [5, 5.41) is 32.4. The molecule has 0 saturated carbocycles. The molecule has 0 aliphatic carbocycles. The van der Waals surface area contributed by atoms with Crippen LogP contribution in [-0.2, 0) is 0 Å². The first kappa shape index (κ1) is 13.1. The first-order valence-corrected chi connectivity index (χ1v) is 5.05. The molecule has 1 aromatic carbocycles. The highest BCUT2D eigenvalue weighted by molar-refractivity contribution is 5.90. The third-order valence-electron chi connectivity index (χ3n) is 2.01. The molecule has 94 valence electrons. The van der Waals surface area contributed by atoms with E-state index in [-0.39, 0.29) is 23.8 Å². The van der Waals surface area contributed by atoms with Gasteiger partial charge in [0.2, 0.25) is 0 Å². The average molecular weight is 240 g/mol. The normalized spacial score (nSPS) is 11.0. The fourth-order valence-corrected chi connectivity index (χ4v) is 1.18. The Bertz CT molecular complexity index is 398. The molecule has 6 nitrogen and oxygen atoms in total. The minimum absolute atomic E-state index is 0.151. The van der Waals surface area contributed by atoms with Crippen molar-refractivity contribution in [3.8, 4) is 11.5 Å². The lowest BCUT2D eigenvalue weighted by atomic mass is 10.1. The fourth-order valence-electron chi connectivity index (χ4n) is 1.18. The second-order valence-corrected chi connectivity index (χ2v) is 4.36. The largest absolute Gasteiger partial charge is 0.508 e. The molecular formula is C11H16N2O4. The molecule has 0 heterocycles. The molecule has 0 aliphatic rings. The monoisotopic (exact) mass is 240 g/mol. The maximum Gasteiger partial charge on any atom is 0.319 e. The number of carbonyl (C=O) groups excluding carboxylic acids is 1. The van der Waals surface area contributed by atoms with Gasteiger partial charge in [-0.3, -0.25) is 0 Å². The van der Waals surface area contributed by atoms with Gasteiger partial charge >= 0.3 is 6.03 Å². The van der Waals surface area contributed by atoms with Gasteiger partial charge in [-0.25, -0.2) is 4.79 Å². The highest BCUT2D eigenvalue weighted by Gasteiger charge is 2.19. The molecule has 5 N–H and O–H groups in total. The zero-order valence-corrected chi connectivity index (χ0v) is 9.69. The molecule has 0 spiro atoms. The molecule has 0 aromatic heterocycles.